The van der Waals surface area contributed by atoms with Crippen molar-refractivity contribution in [2.24, 2.45) is 4.99 Å². The van der Waals surface area contributed by atoms with Gasteiger partial charge >= 0.3 is 5.97 Å². The molecular formula is C20H18Cl2N2O3S. The second kappa shape index (κ2) is 8.47. The Hall–Kier alpha value is -2.15. The summed E-state index contributed by atoms with van der Waals surface area (Å²) in [4.78, 5) is 29.5. The summed E-state index contributed by atoms with van der Waals surface area (Å²) in [5, 5.41) is 0.664. The van der Waals surface area contributed by atoms with Crippen molar-refractivity contribution in [2.45, 2.75) is 27.3 Å². The van der Waals surface area contributed by atoms with Crippen LogP contribution in [0.1, 0.15) is 28.4 Å². The number of fused-ring (bicyclic) bond motifs is 1. The number of carbonyl (C=O) groups is 2. The third kappa shape index (κ3) is 4.14. The first-order valence-electron chi connectivity index (χ1n) is 8.61. The van der Waals surface area contributed by atoms with Crippen LogP contribution in [0.25, 0.3) is 10.2 Å². The van der Waals surface area contributed by atoms with E-state index in [1.807, 2.05) is 26.0 Å². The Balaban J connectivity index is 2.18. The molecule has 0 aliphatic rings. The lowest BCUT2D eigenvalue weighted by Crippen LogP contribution is -2.23. The number of rotatable bonds is 4. The van der Waals surface area contributed by atoms with Gasteiger partial charge in [-0.2, -0.15) is 4.99 Å². The number of hydrogen-bond acceptors (Lipinski definition) is 4. The van der Waals surface area contributed by atoms with Gasteiger partial charge < -0.3 is 9.30 Å². The molecule has 0 spiro atoms. The number of amides is 1. The van der Waals surface area contributed by atoms with Gasteiger partial charge in [0.05, 0.1) is 26.9 Å². The molecule has 0 aliphatic heterocycles. The fraction of sp³-hybridized carbons (Fsp3) is 0.250. The lowest BCUT2D eigenvalue weighted by atomic mass is 10.1. The molecule has 5 nitrogen and oxygen atoms in total. The van der Waals surface area contributed by atoms with Crippen LogP contribution >= 0.6 is 34.5 Å². The van der Waals surface area contributed by atoms with Crippen LogP contribution in [0.4, 0.5) is 0 Å². The standard InChI is InChI=1S/C20H18Cl2N2O3S/c1-4-27-16(25)10-24-18-15(8-7-14(21)17(18)22)28-20(24)23-19(26)13-6-5-11(2)9-12(13)3/h5-9H,4,10H2,1-3H3. The van der Waals surface area contributed by atoms with Crippen molar-refractivity contribution in [3.63, 3.8) is 0 Å². The minimum absolute atomic E-state index is 0.118. The number of ether oxygens (including phenoxy) is 1. The molecule has 0 bridgehead atoms. The van der Waals surface area contributed by atoms with Gasteiger partial charge in [-0.15, -0.1) is 0 Å². The maximum Gasteiger partial charge on any atom is 0.326 e. The average Bonchev–Trinajstić information content (AvgIpc) is 2.96. The molecule has 146 valence electrons. The van der Waals surface area contributed by atoms with E-state index in [1.165, 1.54) is 11.3 Å². The van der Waals surface area contributed by atoms with E-state index in [4.69, 9.17) is 27.9 Å². The molecule has 3 aromatic rings. The molecule has 3 rings (SSSR count). The lowest BCUT2D eigenvalue weighted by molar-refractivity contribution is -0.143. The topological polar surface area (TPSA) is 60.7 Å². The van der Waals surface area contributed by atoms with E-state index in [1.54, 1.807) is 29.7 Å². The second-order valence-corrected chi connectivity index (χ2v) is 8.01. The first-order valence-corrected chi connectivity index (χ1v) is 10.2. The van der Waals surface area contributed by atoms with Crippen LogP contribution in [0.3, 0.4) is 0 Å². The van der Waals surface area contributed by atoms with Crippen molar-refractivity contribution >= 4 is 56.6 Å². The van der Waals surface area contributed by atoms with Gasteiger partial charge in [0.2, 0.25) is 0 Å². The molecule has 28 heavy (non-hydrogen) atoms. The highest BCUT2D eigenvalue weighted by molar-refractivity contribution is 7.16. The summed E-state index contributed by atoms with van der Waals surface area (Å²) in [7, 11) is 0. The van der Waals surface area contributed by atoms with E-state index in [-0.39, 0.29) is 19.1 Å². The Morgan fingerprint density at radius 3 is 2.61 bits per heavy atom. The Kier molecular flexibility index (Phi) is 6.23. The van der Waals surface area contributed by atoms with Crippen LogP contribution < -0.4 is 4.80 Å². The lowest BCUT2D eigenvalue weighted by Gasteiger charge is -2.07. The minimum Gasteiger partial charge on any atom is -0.465 e. The number of esters is 1. The Labute approximate surface area is 176 Å². The summed E-state index contributed by atoms with van der Waals surface area (Å²) in [6, 6.07) is 9.01. The van der Waals surface area contributed by atoms with Crippen LogP contribution in [0, 0.1) is 13.8 Å². The number of halogens is 2. The third-order valence-corrected chi connectivity index (χ3v) is 5.97. The summed E-state index contributed by atoms with van der Waals surface area (Å²) < 4.78 is 7.40. The number of aryl methyl sites for hydroxylation is 2. The van der Waals surface area contributed by atoms with Crippen molar-refractivity contribution < 1.29 is 14.3 Å². The maximum absolute atomic E-state index is 12.8. The van der Waals surface area contributed by atoms with Crippen molar-refractivity contribution in [1.29, 1.82) is 0 Å². The highest BCUT2D eigenvalue weighted by atomic mass is 35.5. The fourth-order valence-electron chi connectivity index (χ4n) is 2.87. The van der Waals surface area contributed by atoms with Gasteiger partial charge in [-0.05, 0) is 44.5 Å². The van der Waals surface area contributed by atoms with Crippen molar-refractivity contribution in [1.82, 2.24) is 4.57 Å². The molecular weight excluding hydrogens is 419 g/mol. The highest BCUT2D eigenvalue weighted by Crippen LogP contribution is 2.32. The average molecular weight is 437 g/mol. The van der Waals surface area contributed by atoms with E-state index < -0.39 is 5.97 Å². The highest BCUT2D eigenvalue weighted by Gasteiger charge is 2.17. The van der Waals surface area contributed by atoms with Crippen molar-refractivity contribution in [3.05, 3.63) is 61.9 Å². The van der Waals surface area contributed by atoms with Gasteiger partial charge in [-0.25, -0.2) is 0 Å². The zero-order valence-electron chi connectivity index (χ0n) is 15.6. The second-order valence-electron chi connectivity index (χ2n) is 6.22. The fourth-order valence-corrected chi connectivity index (χ4v) is 4.38. The van der Waals surface area contributed by atoms with Crippen molar-refractivity contribution in [2.75, 3.05) is 6.61 Å². The van der Waals surface area contributed by atoms with Gasteiger partial charge in [0, 0.05) is 5.56 Å². The molecule has 1 aromatic heterocycles. The van der Waals surface area contributed by atoms with Gasteiger partial charge in [-0.1, -0.05) is 52.2 Å². The number of benzene rings is 2. The Bertz CT molecular complexity index is 1150. The summed E-state index contributed by atoms with van der Waals surface area (Å²) in [5.74, 6) is -0.831. The zero-order chi connectivity index (χ0) is 20.4. The molecule has 0 saturated heterocycles. The molecule has 0 saturated carbocycles. The van der Waals surface area contributed by atoms with Crippen LogP contribution in [-0.2, 0) is 16.1 Å². The zero-order valence-corrected chi connectivity index (χ0v) is 17.9. The number of thiazole rings is 1. The van der Waals surface area contributed by atoms with Gasteiger partial charge in [-0.3, -0.25) is 9.59 Å². The van der Waals surface area contributed by atoms with Crippen LogP contribution in [-0.4, -0.2) is 23.1 Å². The summed E-state index contributed by atoms with van der Waals surface area (Å²) in [6.07, 6.45) is 0. The molecule has 0 N–H and O–H groups in total. The number of hydrogen-bond donors (Lipinski definition) is 0. The first-order chi connectivity index (χ1) is 13.3. The SMILES string of the molecule is CCOC(=O)Cn1c(=NC(=O)c2ccc(C)cc2C)sc2ccc(Cl)c(Cl)c21. The molecule has 0 radical (unpaired) electrons. The normalized spacial score (nSPS) is 11.8. The molecule has 1 amide bonds. The summed E-state index contributed by atoms with van der Waals surface area (Å²) >= 11 is 13.8. The van der Waals surface area contributed by atoms with Gasteiger partial charge in [0.15, 0.2) is 4.80 Å². The van der Waals surface area contributed by atoms with E-state index in [0.29, 0.717) is 25.9 Å². The molecule has 0 atom stereocenters. The van der Waals surface area contributed by atoms with Crippen LogP contribution in [0.2, 0.25) is 10.0 Å². The van der Waals surface area contributed by atoms with Crippen LogP contribution in [0.15, 0.2) is 35.3 Å². The number of aromatic nitrogens is 1. The van der Waals surface area contributed by atoms with E-state index in [2.05, 4.69) is 4.99 Å². The predicted octanol–water partition coefficient (Wildman–Crippen LogP) is 4.93. The number of nitrogens with zero attached hydrogens (tertiary/aromatic N) is 2. The van der Waals surface area contributed by atoms with Gasteiger partial charge in [0.25, 0.3) is 5.91 Å². The molecule has 0 fully saturated rings. The predicted molar refractivity (Wildman–Crippen MR) is 112 cm³/mol. The summed E-state index contributed by atoms with van der Waals surface area (Å²) in [5.41, 5.74) is 2.97. The number of carbonyl (C=O) groups excluding carboxylic acids is 2. The Morgan fingerprint density at radius 1 is 1.18 bits per heavy atom. The van der Waals surface area contributed by atoms with E-state index in [9.17, 15) is 9.59 Å². The van der Waals surface area contributed by atoms with Gasteiger partial charge in [0.1, 0.15) is 6.54 Å². The molecule has 1 heterocycles. The molecule has 0 unspecified atom stereocenters. The molecule has 2 aromatic carbocycles. The monoisotopic (exact) mass is 436 g/mol. The molecule has 0 aliphatic carbocycles. The van der Waals surface area contributed by atoms with Crippen molar-refractivity contribution in [3.8, 4) is 0 Å². The quantitative estimate of drug-likeness (QED) is 0.544. The van der Waals surface area contributed by atoms with E-state index in [0.717, 1.165) is 15.8 Å². The Morgan fingerprint density at radius 2 is 1.93 bits per heavy atom. The minimum atomic E-state index is -0.446. The molecule has 8 heteroatoms. The maximum atomic E-state index is 12.8. The summed E-state index contributed by atoms with van der Waals surface area (Å²) in [6.45, 7) is 5.69. The van der Waals surface area contributed by atoms with E-state index >= 15 is 0 Å². The third-order valence-electron chi connectivity index (χ3n) is 4.14. The largest absolute Gasteiger partial charge is 0.465 e. The first kappa shape index (κ1) is 20.6. The van der Waals surface area contributed by atoms with Crippen LogP contribution in [0.5, 0.6) is 0 Å². The smallest absolute Gasteiger partial charge is 0.326 e.